The molecule has 1 aromatic rings. The first-order valence-electron chi connectivity index (χ1n) is 8.97. The molecule has 0 spiro atoms. The summed E-state index contributed by atoms with van der Waals surface area (Å²) < 4.78 is 13.6. The van der Waals surface area contributed by atoms with Crippen molar-refractivity contribution >= 4 is 17.5 Å². The first kappa shape index (κ1) is 17.7. The molecule has 0 bridgehead atoms. The quantitative estimate of drug-likeness (QED) is 0.859. The molecule has 2 saturated carbocycles. The van der Waals surface area contributed by atoms with Crippen LogP contribution in [-0.2, 0) is 10.2 Å². The second kappa shape index (κ2) is 7.40. The van der Waals surface area contributed by atoms with Crippen molar-refractivity contribution in [3.63, 3.8) is 0 Å². The average Bonchev–Trinajstić information content (AvgIpc) is 2.60. The average molecular weight is 354 g/mol. The predicted octanol–water partition coefficient (Wildman–Crippen LogP) is 4.10. The summed E-state index contributed by atoms with van der Waals surface area (Å²) in [7, 11) is 0. The zero-order valence-corrected chi connectivity index (χ0v) is 14.6. The third kappa shape index (κ3) is 3.45. The molecule has 0 radical (unpaired) electrons. The van der Waals surface area contributed by atoms with Gasteiger partial charge >= 0.3 is 0 Å². The lowest BCUT2D eigenvalue weighted by Crippen LogP contribution is -2.53. The van der Waals surface area contributed by atoms with Crippen LogP contribution in [0, 0.1) is 5.82 Å². The van der Waals surface area contributed by atoms with E-state index < -0.39 is 17.3 Å². The van der Waals surface area contributed by atoms with Gasteiger partial charge in [0.1, 0.15) is 5.82 Å². The number of benzene rings is 1. The smallest absolute Gasteiger partial charge is 0.230 e. The highest BCUT2D eigenvalue weighted by molar-refractivity contribution is 6.30. The van der Waals surface area contributed by atoms with E-state index >= 15 is 0 Å². The van der Waals surface area contributed by atoms with Gasteiger partial charge in [0, 0.05) is 0 Å². The van der Waals surface area contributed by atoms with Gasteiger partial charge in [0.25, 0.3) is 0 Å². The van der Waals surface area contributed by atoms with Crippen LogP contribution < -0.4 is 5.32 Å². The molecule has 2 N–H and O–H groups in total. The van der Waals surface area contributed by atoms with E-state index in [4.69, 9.17) is 11.6 Å². The molecular weight excluding hydrogens is 329 g/mol. The molecular formula is C19H25ClFNO2. The van der Waals surface area contributed by atoms with Crippen LogP contribution in [-0.4, -0.2) is 23.2 Å². The minimum absolute atomic E-state index is 0.0455. The standard InChI is InChI=1S/C19H25ClFNO2/c20-14-12-13(8-9-15(14)21)19(10-4-1-5-11-19)18(24)22-16-6-2-3-7-17(16)23/h8-9,12,16-17,23H,1-7,10-11H2,(H,22,24). The predicted molar refractivity (Wildman–Crippen MR) is 92.6 cm³/mol. The number of aliphatic hydroxyl groups excluding tert-OH is 1. The highest BCUT2D eigenvalue weighted by Gasteiger charge is 2.42. The SMILES string of the molecule is O=C(NC1CCCCC1O)C1(c2ccc(F)c(Cl)c2)CCCCC1. The van der Waals surface area contributed by atoms with Gasteiger partial charge in [0.15, 0.2) is 0 Å². The van der Waals surface area contributed by atoms with Crippen LogP contribution in [0.3, 0.4) is 0 Å². The zero-order valence-electron chi connectivity index (χ0n) is 13.9. The lowest BCUT2D eigenvalue weighted by atomic mass is 9.68. The normalized spacial score (nSPS) is 26.8. The van der Waals surface area contributed by atoms with Crippen LogP contribution in [0.5, 0.6) is 0 Å². The first-order valence-corrected chi connectivity index (χ1v) is 9.35. The Hall–Kier alpha value is -1.13. The zero-order chi connectivity index (χ0) is 17.2. The summed E-state index contributed by atoms with van der Waals surface area (Å²) in [6.45, 7) is 0. The van der Waals surface area contributed by atoms with Crippen molar-refractivity contribution in [3.05, 3.63) is 34.6 Å². The Morgan fingerprint density at radius 1 is 1.17 bits per heavy atom. The Labute approximate surface area is 147 Å². The lowest BCUT2D eigenvalue weighted by molar-refractivity contribution is -0.130. The van der Waals surface area contributed by atoms with Crippen molar-refractivity contribution in [2.24, 2.45) is 0 Å². The van der Waals surface area contributed by atoms with Crippen molar-refractivity contribution in [2.75, 3.05) is 0 Å². The minimum Gasteiger partial charge on any atom is -0.391 e. The van der Waals surface area contributed by atoms with Crippen molar-refractivity contribution in [1.29, 1.82) is 0 Å². The summed E-state index contributed by atoms with van der Waals surface area (Å²) in [5, 5.41) is 13.3. The molecule has 2 unspecified atom stereocenters. The van der Waals surface area contributed by atoms with Crippen molar-refractivity contribution in [2.45, 2.75) is 75.3 Å². The Morgan fingerprint density at radius 3 is 2.54 bits per heavy atom. The summed E-state index contributed by atoms with van der Waals surface area (Å²) in [5.74, 6) is -0.509. The second-order valence-electron chi connectivity index (χ2n) is 7.20. The molecule has 0 saturated heterocycles. The molecule has 2 fully saturated rings. The number of halogens is 2. The second-order valence-corrected chi connectivity index (χ2v) is 7.61. The van der Waals surface area contributed by atoms with Crippen LogP contribution in [0.15, 0.2) is 18.2 Å². The molecule has 0 aliphatic heterocycles. The van der Waals surface area contributed by atoms with Crippen LogP contribution in [0.1, 0.15) is 63.4 Å². The maximum absolute atomic E-state index is 13.6. The lowest BCUT2D eigenvalue weighted by Gasteiger charge is -2.39. The Bertz CT molecular complexity index is 601. The monoisotopic (exact) mass is 353 g/mol. The van der Waals surface area contributed by atoms with Gasteiger partial charge in [0.05, 0.1) is 22.6 Å². The van der Waals surface area contributed by atoms with Gasteiger partial charge in [-0.15, -0.1) is 0 Å². The van der Waals surface area contributed by atoms with Gasteiger partial charge in [-0.05, 0) is 43.4 Å². The number of carbonyl (C=O) groups excluding carboxylic acids is 1. The topological polar surface area (TPSA) is 49.3 Å². The van der Waals surface area contributed by atoms with E-state index in [1.165, 1.54) is 6.07 Å². The van der Waals surface area contributed by atoms with Crippen molar-refractivity contribution < 1.29 is 14.3 Å². The largest absolute Gasteiger partial charge is 0.391 e. The molecule has 132 valence electrons. The van der Waals surface area contributed by atoms with Crippen LogP contribution in [0.4, 0.5) is 4.39 Å². The highest BCUT2D eigenvalue weighted by atomic mass is 35.5. The minimum atomic E-state index is -0.660. The van der Waals surface area contributed by atoms with Gasteiger partial charge in [-0.1, -0.05) is 49.8 Å². The van der Waals surface area contributed by atoms with Gasteiger partial charge in [-0.2, -0.15) is 0 Å². The van der Waals surface area contributed by atoms with E-state index in [2.05, 4.69) is 5.32 Å². The number of aliphatic hydroxyl groups is 1. The number of carbonyl (C=O) groups is 1. The van der Waals surface area contributed by atoms with Gasteiger partial charge in [-0.3, -0.25) is 4.79 Å². The van der Waals surface area contributed by atoms with Gasteiger partial charge in [0.2, 0.25) is 5.91 Å². The number of nitrogens with one attached hydrogen (secondary N) is 1. The van der Waals surface area contributed by atoms with Crippen LogP contribution in [0.25, 0.3) is 0 Å². The Kier molecular flexibility index (Phi) is 5.46. The van der Waals surface area contributed by atoms with Crippen molar-refractivity contribution in [1.82, 2.24) is 5.32 Å². The molecule has 2 aliphatic carbocycles. The third-order valence-electron chi connectivity index (χ3n) is 5.66. The molecule has 0 heterocycles. The molecule has 1 amide bonds. The molecule has 24 heavy (non-hydrogen) atoms. The van der Waals surface area contributed by atoms with Crippen LogP contribution in [0.2, 0.25) is 5.02 Å². The summed E-state index contributed by atoms with van der Waals surface area (Å²) in [6, 6.07) is 4.44. The number of amides is 1. The van der Waals surface area contributed by atoms with E-state index in [0.29, 0.717) is 0 Å². The summed E-state index contributed by atoms with van der Waals surface area (Å²) in [4.78, 5) is 13.2. The van der Waals surface area contributed by atoms with E-state index in [1.54, 1.807) is 12.1 Å². The summed E-state index contributed by atoms with van der Waals surface area (Å²) in [6.07, 6.45) is 7.63. The maximum Gasteiger partial charge on any atom is 0.230 e. The fraction of sp³-hybridized carbons (Fsp3) is 0.632. The van der Waals surface area contributed by atoms with Crippen molar-refractivity contribution in [3.8, 4) is 0 Å². The Balaban J connectivity index is 1.87. The van der Waals surface area contributed by atoms with E-state index in [-0.39, 0.29) is 17.0 Å². The molecule has 5 heteroatoms. The molecule has 0 aromatic heterocycles. The first-order chi connectivity index (χ1) is 11.5. The van der Waals surface area contributed by atoms with Gasteiger partial charge in [-0.25, -0.2) is 4.39 Å². The number of hydrogen-bond donors (Lipinski definition) is 2. The van der Waals surface area contributed by atoms with Crippen LogP contribution >= 0.6 is 11.6 Å². The summed E-state index contributed by atoms with van der Waals surface area (Å²) >= 11 is 5.97. The molecule has 3 rings (SSSR count). The Morgan fingerprint density at radius 2 is 1.88 bits per heavy atom. The highest BCUT2D eigenvalue weighted by Crippen LogP contribution is 2.41. The fourth-order valence-electron chi connectivity index (χ4n) is 4.18. The number of rotatable bonds is 3. The summed E-state index contributed by atoms with van der Waals surface area (Å²) in [5.41, 5.74) is 0.128. The number of hydrogen-bond acceptors (Lipinski definition) is 2. The molecule has 2 aliphatic rings. The van der Waals surface area contributed by atoms with E-state index in [0.717, 1.165) is 63.4 Å². The fourth-order valence-corrected chi connectivity index (χ4v) is 4.36. The molecule has 1 aromatic carbocycles. The molecule has 2 atom stereocenters. The van der Waals surface area contributed by atoms with E-state index in [1.807, 2.05) is 0 Å². The van der Waals surface area contributed by atoms with Gasteiger partial charge < -0.3 is 10.4 Å². The van der Waals surface area contributed by atoms with E-state index in [9.17, 15) is 14.3 Å². The molecule has 3 nitrogen and oxygen atoms in total. The third-order valence-corrected chi connectivity index (χ3v) is 5.95. The maximum atomic E-state index is 13.6.